The van der Waals surface area contributed by atoms with Crippen molar-refractivity contribution in [1.29, 1.82) is 0 Å². The molecule has 30 heavy (non-hydrogen) atoms. The van der Waals surface area contributed by atoms with Crippen molar-refractivity contribution in [3.05, 3.63) is 29.8 Å². The smallest absolute Gasteiger partial charge is 0.222 e. The summed E-state index contributed by atoms with van der Waals surface area (Å²) in [5, 5.41) is 7.07. The molecule has 2 heterocycles. The quantitative estimate of drug-likeness (QED) is 0.255. The van der Waals surface area contributed by atoms with Gasteiger partial charge in [-0.05, 0) is 51.5 Å². The second-order valence-electron chi connectivity index (χ2n) is 8.53. The van der Waals surface area contributed by atoms with Crippen LogP contribution in [0.5, 0.6) is 5.75 Å². The van der Waals surface area contributed by atoms with Crippen LogP contribution >= 0.6 is 24.0 Å². The summed E-state index contributed by atoms with van der Waals surface area (Å²) in [4.78, 5) is 18.5. The predicted octanol–water partition coefficient (Wildman–Crippen LogP) is 4.01. The average molecular weight is 526 g/mol. The number of nitrogens with zero attached hydrogens (tertiary/aromatic N) is 2. The lowest BCUT2D eigenvalue weighted by molar-refractivity contribution is -0.127. The molecular formula is C23H35IN4O2. The van der Waals surface area contributed by atoms with Crippen LogP contribution in [0.2, 0.25) is 0 Å². The first-order chi connectivity index (χ1) is 14.2. The van der Waals surface area contributed by atoms with Crippen molar-refractivity contribution in [1.82, 2.24) is 15.5 Å². The van der Waals surface area contributed by atoms with E-state index in [2.05, 4.69) is 41.8 Å². The maximum Gasteiger partial charge on any atom is 0.222 e. The second kappa shape index (κ2) is 10.7. The lowest BCUT2D eigenvalue weighted by atomic mass is 9.86. The van der Waals surface area contributed by atoms with Crippen molar-refractivity contribution in [3.63, 3.8) is 0 Å². The molecule has 1 amide bonds. The van der Waals surface area contributed by atoms with E-state index in [1.807, 2.05) is 4.90 Å². The zero-order chi connectivity index (χ0) is 20.1. The molecule has 1 aliphatic carbocycles. The summed E-state index contributed by atoms with van der Waals surface area (Å²) < 4.78 is 6.48. The van der Waals surface area contributed by atoms with Crippen molar-refractivity contribution in [2.24, 2.45) is 4.99 Å². The van der Waals surface area contributed by atoms with Crippen molar-refractivity contribution >= 4 is 35.8 Å². The largest absolute Gasteiger partial charge is 0.487 e. The van der Waals surface area contributed by atoms with Crippen LogP contribution in [0.15, 0.2) is 29.3 Å². The number of guanidine groups is 1. The summed E-state index contributed by atoms with van der Waals surface area (Å²) in [7, 11) is 0. The van der Waals surface area contributed by atoms with E-state index in [4.69, 9.17) is 9.73 Å². The molecule has 1 atom stereocenters. The summed E-state index contributed by atoms with van der Waals surface area (Å²) in [5.74, 6) is 2.16. The van der Waals surface area contributed by atoms with E-state index in [-0.39, 0.29) is 35.6 Å². The Balaban J connectivity index is 0.00000256. The van der Waals surface area contributed by atoms with Crippen LogP contribution < -0.4 is 15.4 Å². The third kappa shape index (κ3) is 5.39. The summed E-state index contributed by atoms with van der Waals surface area (Å²) in [6, 6.07) is 8.61. The average Bonchev–Trinajstić information content (AvgIpc) is 3.34. The van der Waals surface area contributed by atoms with Gasteiger partial charge in [0.25, 0.3) is 0 Å². The number of likely N-dealkylation sites (tertiary alicyclic amines) is 1. The Bertz CT molecular complexity index is 748. The number of rotatable bonds is 6. The fourth-order valence-electron chi connectivity index (χ4n) is 4.95. The Morgan fingerprint density at radius 2 is 2.07 bits per heavy atom. The highest BCUT2D eigenvalue weighted by Gasteiger charge is 2.43. The van der Waals surface area contributed by atoms with Gasteiger partial charge < -0.3 is 20.3 Å². The van der Waals surface area contributed by atoms with Gasteiger partial charge in [0.2, 0.25) is 5.91 Å². The van der Waals surface area contributed by atoms with E-state index >= 15 is 0 Å². The van der Waals surface area contributed by atoms with E-state index < -0.39 is 0 Å². The van der Waals surface area contributed by atoms with Gasteiger partial charge in [-0.25, -0.2) is 0 Å². The molecule has 1 unspecified atom stereocenters. The van der Waals surface area contributed by atoms with E-state index in [1.165, 1.54) is 18.4 Å². The molecule has 0 aromatic heterocycles. The molecule has 0 bridgehead atoms. The summed E-state index contributed by atoms with van der Waals surface area (Å²) >= 11 is 0. The molecule has 1 spiro atoms. The number of benzene rings is 1. The number of hydrogen-bond acceptors (Lipinski definition) is 3. The number of nitrogens with one attached hydrogen (secondary N) is 2. The number of halogens is 1. The third-order valence-corrected chi connectivity index (χ3v) is 6.39. The number of hydrogen-bond donors (Lipinski definition) is 2. The zero-order valence-corrected chi connectivity index (χ0v) is 20.3. The Hall–Kier alpha value is -1.51. The van der Waals surface area contributed by atoms with Crippen LogP contribution in [-0.2, 0) is 4.79 Å². The van der Waals surface area contributed by atoms with Crippen molar-refractivity contribution < 1.29 is 9.53 Å². The fourth-order valence-corrected chi connectivity index (χ4v) is 4.95. The molecule has 2 aliphatic heterocycles. The molecule has 4 rings (SSSR count). The van der Waals surface area contributed by atoms with Crippen LogP contribution in [0.1, 0.15) is 69.9 Å². The maximum atomic E-state index is 11.8. The van der Waals surface area contributed by atoms with Crippen LogP contribution in [-0.4, -0.2) is 48.5 Å². The number of para-hydroxylation sites is 1. The number of carbonyl (C=O) groups excluding carboxylic acids is 1. The summed E-state index contributed by atoms with van der Waals surface area (Å²) in [6.07, 6.45) is 8.35. The monoisotopic (exact) mass is 526 g/mol. The number of aliphatic imine (C=N–C) groups is 1. The standard InChI is InChI=1S/C23H34N4O2.HI/c1-2-24-22(25-14-8-16-27-15-7-11-21(27)28)26-19-17-23(12-5-6-13-23)29-20-10-4-3-9-18(19)20;/h3-4,9-10,19H,2,5-8,11-17H2,1H3,(H2,24,25,26);1H. The van der Waals surface area contributed by atoms with E-state index in [9.17, 15) is 4.79 Å². The highest BCUT2D eigenvalue weighted by Crippen LogP contribution is 2.46. The minimum Gasteiger partial charge on any atom is -0.487 e. The first-order valence-corrected chi connectivity index (χ1v) is 11.3. The molecule has 2 N–H and O–H groups in total. The van der Waals surface area contributed by atoms with Gasteiger partial charge >= 0.3 is 0 Å². The van der Waals surface area contributed by atoms with Crippen molar-refractivity contribution in [2.75, 3.05) is 26.2 Å². The lowest BCUT2D eigenvalue weighted by Gasteiger charge is -2.40. The molecule has 0 radical (unpaired) electrons. The number of fused-ring (bicyclic) bond motifs is 1. The molecule has 7 heteroatoms. The topological polar surface area (TPSA) is 66.0 Å². The van der Waals surface area contributed by atoms with Crippen LogP contribution in [0.4, 0.5) is 0 Å². The third-order valence-electron chi connectivity index (χ3n) is 6.39. The van der Waals surface area contributed by atoms with E-state index in [1.54, 1.807) is 0 Å². The van der Waals surface area contributed by atoms with Gasteiger partial charge in [0, 0.05) is 44.6 Å². The van der Waals surface area contributed by atoms with Crippen LogP contribution in [0.25, 0.3) is 0 Å². The first kappa shape index (κ1) is 23.2. The van der Waals surface area contributed by atoms with Gasteiger partial charge in [-0.15, -0.1) is 24.0 Å². The Labute approximate surface area is 197 Å². The number of carbonyl (C=O) groups is 1. The molecule has 2 fully saturated rings. The molecule has 1 saturated carbocycles. The molecule has 166 valence electrons. The van der Waals surface area contributed by atoms with Gasteiger partial charge in [-0.1, -0.05) is 18.2 Å². The van der Waals surface area contributed by atoms with E-state index in [0.29, 0.717) is 12.3 Å². The SMILES string of the molecule is CCNC(=NCCCN1CCCC1=O)NC1CC2(CCCC2)Oc2ccccc21.I. The zero-order valence-electron chi connectivity index (χ0n) is 18.0. The Morgan fingerprint density at radius 1 is 1.27 bits per heavy atom. The minimum absolute atomic E-state index is 0. The molecule has 3 aliphatic rings. The predicted molar refractivity (Wildman–Crippen MR) is 131 cm³/mol. The first-order valence-electron chi connectivity index (χ1n) is 11.3. The van der Waals surface area contributed by atoms with Gasteiger partial charge in [0.05, 0.1) is 6.04 Å². The molecule has 1 saturated heterocycles. The lowest BCUT2D eigenvalue weighted by Crippen LogP contribution is -2.46. The molecule has 6 nitrogen and oxygen atoms in total. The number of amides is 1. The maximum absolute atomic E-state index is 11.8. The number of ether oxygens (including phenoxy) is 1. The van der Waals surface area contributed by atoms with E-state index in [0.717, 1.165) is 70.0 Å². The van der Waals surface area contributed by atoms with Gasteiger partial charge in [0.15, 0.2) is 5.96 Å². The Kier molecular flexibility index (Phi) is 8.25. The highest BCUT2D eigenvalue weighted by molar-refractivity contribution is 14.0. The summed E-state index contributed by atoms with van der Waals surface area (Å²) in [5.41, 5.74) is 1.19. The fraction of sp³-hybridized carbons (Fsp3) is 0.652. The highest BCUT2D eigenvalue weighted by atomic mass is 127. The van der Waals surface area contributed by atoms with Gasteiger partial charge in [0.1, 0.15) is 11.4 Å². The van der Waals surface area contributed by atoms with Crippen molar-refractivity contribution in [3.8, 4) is 5.75 Å². The Morgan fingerprint density at radius 3 is 2.80 bits per heavy atom. The van der Waals surface area contributed by atoms with Gasteiger partial charge in [-0.2, -0.15) is 0 Å². The normalized spacial score (nSPS) is 22.4. The molecule has 1 aromatic carbocycles. The van der Waals surface area contributed by atoms with Crippen LogP contribution in [0, 0.1) is 0 Å². The van der Waals surface area contributed by atoms with Crippen LogP contribution in [0.3, 0.4) is 0 Å². The van der Waals surface area contributed by atoms with Crippen molar-refractivity contribution in [2.45, 2.75) is 69.9 Å². The minimum atomic E-state index is -0.0283. The second-order valence-corrected chi connectivity index (χ2v) is 8.53. The molecular weight excluding hydrogens is 491 g/mol. The summed E-state index contributed by atoms with van der Waals surface area (Å²) in [6.45, 7) is 5.35. The van der Waals surface area contributed by atoms with Gasteiger partial charge in [-0.3, -0.25) is 9.79 Å². The molecule has 1 aromatic rings.